The first-order valence-electron chi connectivity index (χ1n) is 10.2. The smallest absolute Gasteiger partial charge is 0.225 e. The van der Waals surface area contributed by atoms with Crippen LogP contribution in [0.25, 0.3) is 5.52 Å². The second kappa shape index (κ2) is 7.64. The second-order valence-corrected chi connectivity index (χ2v) is 7.22. The molecule has 9 heteroatoms. The Kier molecular flexibility index (Phi) is 4.86. The normalized spacial score (nSPS) is 32.4. The van der Waals surface area contributed by atoms with Gasteiger partial charge in [0.15, 0.2) is 11.8 Å². The van der Waals surface area contributed by atoms with Crippen molar-refractivity contribution in [1.82, 2.24) is 14.6 Å². The van der Waals surface area contributed by atoms with Crippen molar-refractivity contribution in [3.63, 3.8) is 0 Å². The lowest BCUT2D eigenvalue weighted by Crippen LogP contribution is -2.40. The van der Waals surface area contributed by atoms with Crippen LogP contribution >= 0.6 is 0 Å². The van der Waals surface area contributed by atoms with Crippen molar-refractivity contribution in [2.24, 2.45) is 0 Å². The lowest BCUT2D eigenvalue weighted by Gasteiger charge is -2.26. The summed E-state index contributed by atoms with van der Waals surface area (Å²) >= 11 is 0. The summed E-state index contributed by atoms with van der Waals surface area (Å²) in [7, 11) is 0. The summed E-state index contributed by atoms with van der Waals surface area (Å²) < 4.78 is 27.8. The zero-order valence-corrected chi connectivity index (χ0v) is 15.7. The van der Waals surface area contributed by atoms with E-state index >= 15 is 0 Å². The van der Waals surface area contributed by atoms with E-state index in [1.54, 1.807) is 0 Å². The quantitative estimate of drug-likeness (QED) is 0.614. The number of fused-ring (bicyclic) bond motifs is 2. The fourth-order valence-electron chi connectivity index (χ4n) is 4.05. The van der Waals surface area contributed by atoms with Crippen LogP contribution < -0.4 is 5.49 Å². The number of aliphatic hydroxyl groups is 1. The van der Waals surface area contributed by atoms with Gasteiger partial charge in [0.05, 0.1) is 13.7 Å². The summed E-state index contributed by atoms with van der Waals surface area (Å²) in [6.45, 7) is 1.83. The Labute approximate surface area is 163 Å². The van der Waals surface area contributed by atoms with Gasteiger partial charge in [0.1, 0.15) is 36.2 Å². The molecular formula is C19H25N5O4. The van der Waals surface area contributed by atoms with E-state index in [1.807, 2.05) is 0 Å². The van der Waals surface area contributed by atoms with Crippen molar-refractivity contribution in [3.05, 3.63) is 29.6 Å². The molecule has 0 spiro atoms. The topological polar surface area (TPSA) is 129 Å². The van der Waals surface area contributed by atoms with Gasteiger partial charge in [-0.3, -0.25) is 15.0 Å². The number of aromatic nitrogens is 3. The summed E-state index contributed by atoms with van der Waals surface area (Å²) in [5.41, 5.74) is -1.10. The third-order valence-corrected chi connectivity index (χ3v) is 5.44. The van der Waals surface area contributed by atoms with E-state index in [4.69, 9.17) is 21.0 Å². The van der Waals surface area contributed by atoms with E-state index < -0.39 is 30.2 Å². The van der Waals surface area contributed by atoms with Crippen molar-refractivity contribution in [3.8, 4) is 6.07 Å². The van der Waals surface area contributed by atoms with Gasteiger partial charge in [-0.25, -0.2) is 4.98 Å². The first kappa shape index (κ1) is 17.8. The van der Waals surface area contributed by atoms with Crippen molar-refractivity contribution in [1.29, 1.82) is 10.7 Å². The highest BCUT2D eigenvalue weighted by molar-refractivity contribution is 5.48. The van der Waals surface area contributed by atoms with E-state index in [1.165, 1.54) is 16.9 Å². The maximum atomic E-state index is 10.2. The van der Waals surface area contributed by atoms with Crippen LogP contribution in [-0.4, -0.2) is 50.9 Å². The summed E-state index contributed by atoms with van der Waals surface area (Å²) in [5.74, 6) is 0. The minimum absolute atomic E-state index is 0.0478. The van der Waals surface area contributed by atoms with Crippen molar-refractivity contribution in [2.75, 3.05) is 6.61 Å². The van der Waals surface area contributed by atoms with E-state index in [2.05, 4.69) is 23.1 Å². The molecule has 1 unspecified atom stereocenters. The molecule has 2 aliphatic heterocycles. The minimum atomic E-state index is -1.58. The van der Waals surface area contributed by atoms with Crippen LogP contribution in [0.15, 0.2) is 18.4 Å². The van der Waals surface area contributed by atoms with Crippen LogP contribution in [0.5, 0.6) is 0 Å². The molecular weight excluding hydrogens is 362 g/mol. The maximum absolute atomic E-state index is 10.2. The van der Waals surface area contributed by atoms with Gasteiger partial charge in [-0.1, -0.05) is 26.2 Å². The average molecular weight is 388 g/mol. The van der Waals surface area contributed by atoms with Crippen LogP contribution in [-0.2, 0) is 19.8 Å². The molecule has 2 fully saturated rings. The van der Waals surface area contributed by atoms with Crippen molar-refractivity contribution >= 4 is 5.52 Å². The Balaban J connectivity index is 1.70. The van der Waals surface area contributed by atoms with Crippen LogP contribution in [0.4, 0.5) is 0 Å². The van der Waals surface area contributed by atoms with Gasteiger partial charge in [0.25, 0.3) is 0 Å². The van der Waals surface area contributed by atoms with Crippen molar-refractivity contribution < 1.29 is 20.7 Å². The van der Waals surface area contributed by atoms with E-state index in [-0.39, 0.29) is 23.7 Å². The summed E-state index contributed by atoms with van der Waals surface area (Å²) in [5, 5.41) is 30.8. The van der Waals surface area contributed by atoms with Gasteiger partial charge in [-0.05, 0) is 25.0 Å². The zero-order valence-electron chi connectivity index (χ0n) is 16.7. The number of ether oxygens (including phenoxy) is 3. The summed E-state index contributed by atoms with van der Waals surface area (Å²) in [6, 6.07) is 3.73. The summed E-state index contributed by atoms with van der Waals surface area (Å²) in [6.07, 6.45) is 3.81. The number of hydrogen-bond acceptors (Lipinski definition) is 7. The molecule has 150 valence electrons. The summed E-state index contributed by atoms with van der Waals surface area (Å²) in [4.78, 5) is 3.87. The number of aromatic amines is 1. The highest BCUT2D eigenvalue weighted by Gasteiger charge is 2.63. The molecule has 4 rings (SSSR count). The maximum Gasteiger partial charge on any atom is 0.225 e. The molecule has 2 aromatic rings. The van der Waals surface area contributed by atoms with E-state index in [0.717, 1.165) is 25.7 Å². The standard InChI is InChI=1S/C19H25N5O4/c1-2-3-4-5-6-15-26-16-13(9-25)28-19(10-20,17(16)27-15)14-8-7-12-18(21)22-11-23-24(12)14/h7-8,11,13,15-17,25H,2-6,9H2,1H3,(H2,21,22,23)/t13-,15?,16-,17-,19+/m1/s1/i7D. The number of rotatable bonds is 7. The SMILES string of the molecule is [2H]c1cc([C@]2(C#N)O[C@H](CO)[C@H]3OC(CCCCCC)O[C@H]32)n2[nH]cnc(=N)c12. The van der Waals surface area contributed by atoms with Gasteiger partial charge in [0.2, 0.25) is 5.60 Å². The number of aliphatic hydroxyl groups excluding tert-OH is 1. The van der Waals surface area contributed by atoms with Gasteiger partial charge in [-0.15, -0.1) is 0 Å². The Morgan fingerprint density at radius 1 is 1.46 bits per heavy atom. The Morgan fingerprint density at radius 3 is 3.07 bits per heavy atom. The molecule has 5 atom stereocenters. The predicted octanol–water partition coefficient (Wildman–Crippen LogP) is 1.33. The molecule has 2 saturated heterocycles. The zero-order chi connectivity index (χ0) is 20.6. The number of unbranched alkanes of at least 4 members (excludes halogenated alkanes) is 3. The average Bonchev–Trinajstić information content (AvgIpc) is 3.37. The van der Waals surface area contributed by atoms with E-state index in [0.29, 0.717) is 12.1 Å². The number of nitriles is 1. The molecule has 4 heterocycles. The van der Waals surface area contributed by atoms with Gasteiger partial charge in [0, 0.05) is 0 Å². The number of H-pyrrole nitrogens is 1. The monoisotopic (exact) mass is 388 g/mol. The molecule has 0 aliphatic carbocycles. The molecule has 28 heavy (non-hydrogen) atoms. The number of nitrogens with zero attached hydrogens (tertiary/aromatic N) is 3. The first-order chi connectivity index (χ1) is 14.1. The third-order valence-electron chi connectivity index (χ3n) is 5.44. The highest BCUT2D eigenvalue weighted by atomic mass is 16.8. The Bertz CT molecular complexity index is 985. The fraction of sp³-hybridized carbons (Fsp3) is 0.632. The molecule has 0 aromatic carbocycles. The highest BCUT2D eigenvalue weighted by Crippen LogP contribution is 2.47. The predicted molar refractivity (Wildman–Crippen MR) is 96.9 cm³/mol. The third kappa shape index (κ3) is 2.93. The molecule has 2 aliphatic rings. The fourth-order valence-corrected chi connectivity index (χ4v) is 4.05. The molecule has 9 nitrogen and oxygen atoms in total. The molecule has 0 bridgehead atoms. The van der Waals surface area contributed by atoms with Crippen LogP contribution in [0, 0.1) is 16.7 Å². The molecule has 0 amide bonds. The molecule has 0 saturated carbocycles. The molecule has 0 radical (unpaired) electrons. The van der Waals surface area contributed by atoms with Gasteiger partial charge in [-0.2, -0.15) is 5.26 Å². The molecule has 2 aromatic heterocycles. The Hall–Kier alpha value is -2.25. The van der Waals surface area contributed by atoms with Crippen molar-refractivity contribution in [2.45, 2.75) is 69.2 Å². The number of hydrogen-bond donors (Lipinski definition) is 3. The van der Waals surface area contributed by atoms with Gasteiger partial charge >= 0.3 is 0 Å². The molecule has 3 N–H and O–H groups in total. The lowest BCUT2D eigenvalue weighted by molar-refractivity contribution is -0.160. The van der Waals surface area contributed by atoms with Crippen LogP contribution in [0.3, 0.4) is 0 Å². The first-order valence-corrected chi connectivity index (χ1v) is 9.67. The largest absolute Gasteiger partial charge is 0.394 e. The van der Waals surface area contributed by atoms with E-state index in [9.17, 15) is 10.4 Å². The van der Waals surface area contributed by atoms with Crippen LogP contribution in [0.2, 0.25) is 0 Å². The Morgan fingerprint density at radius 2 is 2.32 bits per heavy atom. The number of nitrogens with one attached hydrogen (secondary N) is 2. The lowest BCUT2D eigenvalue weighted by atomic mass is 9.92. The van der Waals surface area contributed by atoms with Crippen LogP contribution in [0.1, 0.15) is 46.1 Å². The van der Waals surface area contributed by atoms with Gasteiger partial charge < -0.3 is 19.3 Å². The second-order valence-electron chi connectivity index (χ2n) is 7.22. The minimum Gasteiger partial charge on any atom is -0.394 e.